The minimum atomic E-state index is 0.253. The van der Waals surface area contributed by atoms with E-state index < -0.39 is 0 Å². The Morgan fingerprint density at radius 3 is 2.12 bits per heavy atom. The van der Waals surface area contributed by atoms with Crippen molar-refractivity contribution in [2.75, 3.05) is 12.3 Å². The van der Waals surface area contributed by atoms with Gasteiger partial charge in [0.1, 0.15) is 0 Å². The van der Waals surface area contributed by atoms with Crippen LogP contribution in [0.4, 0.5) is 5.69 Å². The number of nitrogen functional groups attached to an aromatic ring is 1. The number of rotatable bonds is 3. The van der Waals surface area contributed by atoms with Gasteiger partial charge in [-0.05, 0) is 37.0 Å². The van der Waals surface area contributed by atoms with Crippen molar-refractivity contribution < 1.29 is 5.11 Å². The molecule has 0 bridgehead atoms. The summed E-state index contributed by atoms with van der Waals surface area (Å²) in [6.07, 6.45) is 1.75. The van der Waals surface area contributed by atoms with Gasteiger partial charge in [0.25, 0.3) is 0 Å². The maximum absolute atomic E-state index is 8.63. The first-order chi connectivity index (χ1) is 7.74. The van der Waals surface area contributed by atoms with E-state index in [2.05, 4.69) is 6.07 Å². The predicted molar refractivity (Wildman–Crippen MR) is 73.7 cm³/mol. The van der Waals surface area contributed by atoms with Crippen molar-refractivity contribution in [3.63, 3.8) is 0 Å². The highest BCUT2D eigenvalue weighted by atomic mass is 16.2. The van der Waals surface area contributed by atoms with Gasteiger partial charge in [0.15, 0.2) is 0 Å². The Balaban J connectivity index is 0. The molecule has 0 unspecified atom stereocenters. The van der Waals surface area contributed by atoms with Crippen molar-refractivity contribution in [2.24, 2.45) is 0 Å². The van der Waals surface area contributed by atoms with Gasteiger partial charge < -0.3 is 10.8 Å². The second kappa shape index (κ2) is 12.1. The molecule has 0 radical (unpaired) electrons. The molecule has 0 aliphatic heterocycles. The molecule has 94 valence electrons. The predicted octanol–water partition coefficient (Wildman–Crippen LogP) is 3.55. The van der Waals surface area contributed by atoms with Crippen molar-refractivity contribution in [3.05, 3.63) is 29.3 Å². The molecule has 1 rings (SSSR count). The van der Waals surface area contributed by atoms with Crippen molar-refractivity contribution in [3.8, 4) is 0 Å². The Labute approximate surface area is 100 Å². The molecule has 0 aromatic heterocycles. The van der Waals surface area contributed by atoms with Crippen molar-refractivity contribution in [2.45, 2.75) is 47.5 Å². The van der Waals surface area contributed by atoms with Crippen LogP contribution in [0, 0.1) is 6.92 Å². The molecule has 0 fully saturated rings. The molecule has 0 heterocycles. The second-order valence-electron chi connectivity index (χ2n) is 3.02. The van der Waals surface area contributed by atoms with Crippen LogP contribution in [0.1, 0.15) is 45.2 Å². The zero-order valence-electron chi connectivity index (χ0n) is 11.4. The summed E-state index contributed by atoms with van der Waals surface area (Å²) >= 11 is 0. The largest absolute Gasteiger partial charge is 0.399 e. The van der Waals surface area contributed by atoms with E-state index in [0.717, 1.165) is 24.1 Å². The third-order valence-corrected chi connectivity index (χ3v) is 1.96. The maximum Gasteiger partial charge on any atom is 0.0434 e. The summed E-state index contributed by atoms with van der Waals surface area (Å²) in [5.41, 5.74) is 8.87. The summed E-state index contributed by atoms with van der Waals surface area (Å²) < 4.78 is 0. The summed E-state index contributed by atoms with van der Waals surface area (Å²) in [4.78, 5) is 0. The fourth-order valence-corrected chi connectivity index (χ4v) is 1.18. The van der Waals surface area contributed by atoms with Crippen LogP contribution in [0.2, 0.25) is 0 Å². The lowest BCUT2D eigenvalue weighted by molar-refractivity contribution is 0.288. The maximum atomic E-state index is 8.63. The molecule has 0 saturated carbocycles. The molecule has 1 aromatic rings. The zero-order valence-corrected chi connectivity index (χ0v) is 11.4. The Morgan fingerprint density at radius 2 is 1.69 bits per heavy atom. The Morgan fingerprint density at radius 1 is 1.12 bits per heavy atom. The van der Waals surface area contributed by atoms with Crippen LogP contribution in [0.5, 0.6) is 0 Å². The fourth-order valence-electron chi connectivity index (χ4n) is 1.18. The molecule has 0 aliphatic rings. The van der Waals surface area contributed by atoms with Gasteiger partial charge in [0.05, 0.1) is 0 Å². The van der Waals surface area contributed by atoms with E-state index in [4.69, 9.17) is 10.8 Å². The van der Waals surface area contributed by atoms with Crippen LogP contribution in [0.25, 0.3) is 0 Å². The van der Waals surface area contributed by atoms with Gasteiger partial charge in [-0.3, -0.25) is 0 Å². The molecule has 1 aromatic carbocycles. The number of anilines is 1. The standard InChI is InChI=1S/C10H15NO.2C2H6/c1-8-7-9(3-2-6-12)4-5-10(8)11;2*1-2/h4-5,7,12H,2-3,6,11H2,1H3;2*1-2H3. The quantitative estimate of drug-likeness (QED) is 0.773. The van der Waals surface area contributed by atoms with Gasteiger partial charge in [0, 0.05) is 12.3 Å². The van der Waals surface area contributed by atoms with Crippen LogP contribution < -0.4 is 5.73 Å². The van der Waals surface area contributed by atoms with Gasteiger partial charge in [0.2, 0.25) is 0 Å². The molecule has 2 nitrogen and oxygen atoms in total. The highest BCUT2D eigenvalue weighted by molar-refractivity contribution is 5.47. The average Bonchev–Trinajstić information content (AvgIpc) is 2.36. The van der Waals surface area contributed by atoms with Crippen LogP contribution in [0.3, 0.4) is 0 Å². The molecule has 0 amide bonds. The highest BCUT2D eigenvalue weighted by Gasteiger charge is 1.95. The van der Waals surface area contributed by atoms with Crippen LogP contribution in [-0.2, 0) is 6.42 Å². The molecular formula is C14H27NO. The summed E-state index contributed by atoms with van der Waals surface area (Å²) in [5, 5.41) is 8.63. The van der Waals surface area contributed by atoms with Gasteiger partial charge in [-0.1, -0.05) is 39.8 Å². The molecule has 0 atom stereocenters. The Bertz CT molecular complexity index is 259. The van der Waals surface area contributed by atoms with Crippen molar-refractivity contribution in [1.29, 1.82) is 0 Å². The van der Waals surface area contributed by atoms with E-state index in [-0.39, 0.29) is 6.61 Å². The van der Waals surface area contributed by atoms with E-state index in [9.17, 15) is 0 Å². The number of nitrogens with two attached hydrogens (primary N) is 1. The zero-order chi connectivity index (χ0) is 13.0. The highest BCUT2D eigenvalue weighted by Crippen LogP contribution is 2.13. The number of aliphatic hydroxyl groups is 1. The SMILES string of the molecule is CC.CC.Cc1cc(CCCO)ccc1N. The molecule has 3 N–H and O–H groups in total. The van der Waals surface area contributed by atoms with Gasteiger partial charge >= 0.3 is 0 Å². The normalized spacial score (nSPS) is 8.38. The number of aliphatic hydroxyl groups excluding tert-OH is 1. The van der Waals surface area contributed by atoms with Crippen LogP contribution >= 0.6 is 0 Å². The lowest BCUT2D eigenvalue weighted by Gasteiger charge is -2.03. The molecule has 0 aliphatic carbocycles. The summed E-state index contributed by atoms with van der Waals surface area (Å²) in [7, 11) is 0. The number of benzene rings is 1. The fraction of sp³-hybridized carbons (Fsp3) is 0.571. The van der Waals surface area contributed by atoms with E-state index >= 15 is 0 Å². The third-order valence-electron chi connectivity index (χ3n) is 1.96. The van der Waals surface area contributed by atoms with Crippen molar-refractivity contribution >= 4 is 5.69 Å². The number of hydrogen-bond donors (Lipinski definition) is 2. The van der Waals surface area contributed by atoms with E-state index in [1.807, 2.05) is 46.8 Å². The molecular weight excluding hydrogens is 198 g/mol. The summed E-state index contributed by atoms with van der Waals surface area (Å²) in [6, 6.07) is 6.00. The van der Waals surface area contributed by atoms with Crippen LogP contribution in [-0.4, -0.2) is 11.7 Å². The molecule has 0 spiro atoms. The summed E-state index contributed by atoms with van der Waals surface area (Å²) in [6.45, 7) is 10.3. The molecule has 0 saturated heterocycles. The lowest BCUT2D eigenvalue weighted by atomic mass is 10.1. The second-order valence-corrected chi connectivity index (χ2v) is 3.02. The lowest BCUT2D eigenvalue weighted by Crippen LogP contribution is -1.93. The molecule has 16 heavy (non-hydrogen) atoms. The van der Waals surface area contributed by atoms with Gasteiger partial charge in [-0.15, -0.1) is 0 Å². The smallest absolute Gasteiger partial charge is 0.0434 e. The van der Waals surface area contributed by atoms with Crippen molar-refractivity contribution in [1.82, 2.24) is 0 Å². The Kier molecular flexibility index (Phi) is 13.1. The first-order valence-corrected chi connectivity index (χ1v) is 6.20. The Hall–Kier alpha value is -1.02. The van der Waals surface area contributed by atoms with E-state index in [1.165, 1.54) is 5.56 Å². The molecule has 2 heteroatoms. The number of aryl methyl sites for hydroxylation is 2. The average molecular weight is 225 g/mol. The summed E-state index contributed by atoms with van der Waals surface area (Å²) in [5.74, 6) is 0. The first-order valence-electron chi connectivity index (χ1n) is 6.20. The minimum Gasteiger partial charge on any atom is -0.399 e. The van der Waals surface area contributed by atoms with Crippen LogP contribution in [0.15, 0.2) is 18.2 Å². The van der Waals surface area contributed by atoms with E-state index in [0.29, 0.717) is 0 Å². The number of hydrogen-bond acceptors (Lipinski definition) is 2. The van der Waals surface area contributed by atoms with E-state index in [1.54, 1.807) is 0 Å². The minimum absolute atomic E-state index is 0.253. The van der Waals surface area contributed by atoms with Gasteiger partial charge in [-0.25, -0.2) is 0 Å². The van der Waals surface area contributed by atoms with Gasteiger partial charge in [-0.2, -0.15) is 0 Å². The first kappa shape index (κ1) is 17.4. The monoisotopic (exact) mass is 225 g/mol. The third kappa shape index (κ3) is 7.30. The topological polar surface area (TPSA) is 46.2 Å².